The maximum absolute atomic E-state index is 12.4. The fraction of sp³-hybridized carbons (Fsp3) is 0.316. The highest BCUT2D eigenvalue weighted by Crippen LogP contribution is 2.23. The van der Waals surface area contributed by atoms with E-state index in [1.807, 2.05) is 20.8 Å². The van der Waals surface area contributed by atoms with Gasteiger partial charge in [-0.2, -0.15) is 0 Å². The van der Waals surface area contributed by atoms with Gasteiger partial charge in [-0.05, 0) is 50.6 Å². The lowest BCUT2D eigenvalue weighted by molar-refractivity contribution is 0.0938. The van der Waals surface area contributed by atoms with E-state index in [0.717, 1.165) is 18.4 Å². The number of aryl methyl sites for hydroxylation is 1. The number of carbonyl (C=O) groups is 1. The molecule has 0 aliphatic heterocycles. The lowest BCUT2D eigenvalue weighted by Crippen LogP contribution is -2.32. The van der Waals surface area contributed by atoms with E-state index in [0.29, 0.717) is 11.3 Å². The summed E-state index contributed by atoms with van der Waals surface area (Å²) < 4.78 is 27.3. The van der Waals surface area contributed by atoms with E-state index >= 15 is 0 Å². The molecule has 1 atom stereocenters. The first-order valence-corrected chi connectivity index (χ1v) is 10.3. The van der Waals surface area contributed by atoms with E-state index in [1.165, 1.54) is 30.3 Å². The highest BCUT2D eigenvalue weighted by molar-refractivity contribution is 7.92. The number of anilines is 1. The van der Waals surface area contributed by atoms with Crippen molar-refractivity contribution < 1.29 is 13.2 Å². The Kier molecular flexibility index (Phi) is 6.67. The van der Waals surface area contributed by atoms with Crippen LogP contribution in [0.15, 0.2) is 47.4 Å². The van der Waals surface area contributed by atoms with Gasteiger partial charge in [0.2, 0.25) is 0 Å². The van der Waals surface area contributed by atoms with Crippen LogP contribution in [0.5, 0.6) is 0 Å². The molecular weight excluding hydrogens is 372 g/mol. The van der Waals surface area contributed by atoms with Gasteiger partial charge in [0.1, 0.15) is 0 Å². The Balaban J connectivity index is 2.16. The summed E-state index contributed by atoms with van der Waals surface area (Å²) in [6.45, 7) is 5.86. The summed E-state index contributed by atoms with van der Waals surface area (Å²) in [6.07, 6.45) is 1.84. The van der Waals surface area contributed by atoms with Crippen LogP contribution in [0.4, 0.5) is 5.69 Å². The largest absolute Gasteiger partial charge is 0.350 e. The predicted octanol–water partition coefficient (Wildman–Crippen LogP) is 4.37. The summed E-state index contributed by atoms with van der Waals surface area (Å²) in [7, 11) is -3.72. The van der Waals surface area contributed by atoms with Crippen molar-refractivity contribution in [3.8, 4) is 0 Å². The van der Waals surface area contributed by atoms with Gasteiger partial charge in [-0.15, -0.1) is 0 Å². The maximum atomic E-state index is 12.4. The number of rotatable bonds is 7. The highest BCUT2D eigenvalue weighted by Gasteiger charge is 2.17. The van der Waals surface area contributed by atoms with Gasteiger partial charge in [-0.25, -0.2) is 8.42 Å². The van der Waals surface area contributed by atoms with E-state index in [4.69, 9.17) is 11.6 Å². The van der Waals surface area contributed by atoms with Crippen LogP contribution in [0.2, 0.25) is 5.02 Å². The molecule has 0 radical (unpaired) electrons. The van der Waals surface area contributed by atoms with Crippen LogP contribution in [-0.2, 0) is 10.0 Å². The standard InChI is InChI=1S/C19H23ClN2O3S/c1-4-5-14(3)21-19(23)17-11-8-15(12-18(17)20)22-26(24,25)16-9-6-13(2)7-10-16/h6-12,14,22H,4-5H2,1-3H3,(H,21,23)/t14-/m1/s1. The Morgan fingerprint density at radius 3 is 2.38 bits per heavy atom. The van der Waals surface area contributed by atoms with Gasteiger partial charge in [0.05, 0.1) is 21.2 Å². The van der Waals surface area contributed by atoms with Crippen LogP contribution < -0.4 is 10.0 Å². The Morgan fingerprint density at radius 2 is 1.81 bits per heavy atom. The molecule has 140 valence electrons. The second-order valence-corrected chi connectivity index (χ2v) is 8.37. The molecule has 2 rings (SSSR count). The zero-order valence-electron chi connectivity index (χ0n) is 15.0. The van der Waals surface area contributed by atoms with Crippen molar-refractivity contribution in [1.29, 1.82) is 0 Å². The molecule has 0 saturated carbocycles. The van der Waals surface area contributed by atoms with Crippen LogP contribution in [-0.4, -0.2) is 20.4 Å². The molecule has 0 aliphatic carbocycles. The zero-order chi connectivity index (χ0) is 19.3. The topological polar surface area (TPSA) is 75.3 Å². The number of benzene rings is 2. The minimum atomic E-state index is -3.72. The smallest absolute Gasteiger partial charge is 0.261 e. The molecule has 7 heteroatoms. The van der Waals surface area contributed by atoms with Crippen molar-refractivity contribution in [3.05, 3.63) is 58.6 Å². The molecule has 0 unspecified atom stereocenters. The first-order valence-electron chi connectivity index (χ1n) is 8.43. The third kappa shape index (κ3) is 5.22. The monoisotopic (exact) mass is 394 g/mol. The van der Waals surface area contributed by atoms with Gasteiger partial charge < -0.3 is 5.32 Å². The average molecular weight is 395 g/mol. The van der Waals surface area contributed by atoms with Gasteiger partial charge in [0.15, 0.2) is 0 Å². The molecule has 0 aromatic heterocycles. The quantitative estimate of drug-likeness (QED) is 0.732. The Morgan fingerprint density at radius 1 is 1.15 bits per heavy atom. The van der Waals surface area contributed by atoms with Crippen molar-refractivity contribution in [2.24, 2.45) is 0 Å². The molecule has 0 heterocycles. The fourth-order valence-corrected chi connectivity index (χ4v) is 3.82. The number of carbonyl (C=O) groups excluding carboxylic acids is 1. The number of hydrogen-bond acceptors (Lipinski definition) is 3. The first-order chi connectivity index (χ1) is 12.2. The van der Waals surface area contributed by atoms with Gasteiger partial charge in [-0.3, -0.25) is 9.52 Å². The normalized spacial score (nSPS) is 12.5. The van der Waals surface area contributed by atoms with Crippen LogP contribution in [0.25, 0.3) is 0 Å². The van der Waals surface area contributed by atoms with Gasteiger partial charge in [0, 0.05) is 6.04 Å². The van der Waals surface area contributed by atoms with Gasteiger partial charge >= 0.3 is 0 Å². The Hall–Kier alpha value is -2.05. The van der Waals surface area contributed by atoms with Crippen LogP contribution in [0, 0.1) is 6.92 Å². The summed E-state index contributed by atoms with van der Waals surface area (Å²) in [4.78, 5) is 12.4. The Bertz CT molecular complexity index is 880. The molecule has 0 spiro atoms. The molecule has 0 bridgehead atoms. The number of halogens is 1. The van der Waals surface area contributed by atoms with Crippen LogP contribution in [0.1, 0.15) is 42.6 Å². The minimum absolute atomic E-state index is 0.0447. The molecule has 2 aromatic carbocycles. The summed E-state index contributed by atoms with van der Waals surface area (Å²) in [5, 5.41) is 3.06. The number of nitrogens with one attached hydrogen (secondary N) is 2. The minimum Gasteiger partial charge on any atom is -0.350 e. The van der Waals surface area contributed by atoms with Crippen molar-refractivity contribution in [2.75, 3.05) is 4.72 Å². The second-order valence-electron chi connectivity index (χ2n) is 6.28. The van der Waals surface area contributed by atoms with Crippen LogP contribution >= 0.6 is 11.6 Å². The van der Waals surface area contributed by atoms with Gasteiger partial charge in [-0.1, -0.05) is 42.6 Å². The number of sulfonamides is 1. The van der Waals surface area contributed by atoms with Crippen LogP contribution in [0.3, 0.4) is 0 Å². The summed E-state index contributed by atoms with van der Waals surface area (Å²) in [5.74, 6) is -0.274. The molecule has 26 heavy (non-hydrogen) atoms. The van der Waals surface area contributed by atoms with Crippen molar-refractivity contribution in [2.45, 2.75) is 44.6 Å². The van der Waals surface area contributed by atoms with E-state index in [9.17, 15) is 13.2 Å². The van der Waals surface area contributed by atoms with Crippen molar-refractivity contribution in [1.82, 2.24) is 5.32 Å². The molecule has 5 nitrogen and oxygen atoms in total. The van der Waals surface area contributed by atoms with E-state index in [1.54, 1.807) is 12.1 Å². The predicted molar refractivity (Wildman–Crippen MR) is 105 cm³/mol. The third-order valence-corrected chi connectivity index (χ3v) is 5.61. The number of amides is 1. The van der Waals surface area contributed by atoms with E-state index in [-0.39, 0.29) is 21.9 Å². The van der Waals surface area contributed by atoms with Crippen molar-refractivity contribution in [3.63, 3.8) is 0 Å². The fourth-order valence-electron chi connectivity index (χ4n) is 2.50. The zero-order valence-corrected chi connectivity index (χ0v) is 16.6. The molecule has 2 N–H and O–H groups in total. The molecule has 2 aromatic rings. The third-order valence-electron chi connectivity index (χ3n) is 3.90. The van der Waals surface area contributed by atoms with E-state index < -0.39 is 10.0 Å². The highest BCUT2D eigenvalue weighted by atomic mass is 35.5. The lowest BCUT2D eigenvalue weighted by Gasteiger charge is -2.14. The van der Waals surface area contributed by atoms with Gasteiger partial charge in [0.25, 0.3) is 15.9 Å². The Labute approximate surface area is 159 Å². The summed E-state index contributed by atoms with van der Waals surface area (Å²) in [5.41, 5.74) is 1.58. The van der Waals surface area contributed by atoms with E-state index in [2.05, 4.69) is 10.0 Å². The second kappa shape index (κ2) is 8.56. The first kappa shape index (κ1) is 20.3. The molecular formula is C19H23ClN2O3S. The molecule has 0 saturated heterocycles. The average Bonchev–Trinajstić information content (AvgIpc) is 2.55. The van der Waals surface area contributed by atoms with Crippen molar-refractivity contribution >= 4 is 33.2 Å². The summed E-state index contributed by atoms with van der Waals surface area (Å²) >= 11 is 6.18. The number of hydrogen-bond donors (Lipinski definition) is 2. The SMILES string of the molecule is CCC[C@@H](C)NC(=O)c1ccc(NS(=O)(=O)c2ccc(C)cc2)cc1Cl. The lowest BCUT2D eigenvalue weighted by atomic mass is 10.1. The molecule has 0 fully saturated rings. The maximum Gasteiger partial charge on any atom is 0.261 e. The summed E-state index contributed by atoms with van der Waals surface area (Å²) in [6, 6.07) is 11.1. The molecule has 1 amide bonds. The molecule has 0 aliphatic rings.